The van der Waals surface area contributed by atoms with Crippen LogP contribution in [0.1, 0.15) is 29.7 Å². The first kappa shape index (κ1) is 13.6. The van der Waals surface area contributed by atoms with Crippen molar-refractivity contribution in [3.63, 3.8) is 0 Å². The van der Waals surface area contributed by atoms with Gasteiger partial charge in [-0.15, -0.1) is 0 Å². The first-order valence-corrected chi connectivity index (χ1v) is 6.67. The average Bonchev–Trinajstić information content (AvgIpc) is 2.41. The quantitative estimate of drug-likeness (QED) is 0.842. The number of rotatable bonds is 4. The Balaban J connectivity index is 2.04. The predicted molar refractivity (Wildman–Crippen MR) is 81.9 cm³/mol. The van der Waals surface area contributed by atoms with Gasteiger partial charge in [-0.1, -0.05) is 42.0 Å². The molecule has 0 aliphatic rings. The van der Waals surface area contributed by atoms with Crippen molar-refractivity contribution in [1.29, 1.82) is 0 Å². The van der Waals surface area contributed by atoms with Crippen LogP contribution in [0.15, 0.2) is 48.5 Å². The Bertz CT molecular complexity index is 514. The molecule has 1 atom stereocenters. The van der Waals surface area contributed by atoms with Gasteiger partial charge in [0.05, 0.1) is 0 Å². The van der Waals surface area contributed by atoms with Crippen molar-refractivity contribution in [2.75, 3.05) is 12.8 Å². The highest BCUT2D eigenvalue weighted by Crippen LogP contribution is 2.21. The monoisotopic (exact) mass is 254 g/mol. The molecule has 2 aromatic carbocycles. The smallest absolute Gasteiger partial charge is 0.0320 e. The van der Waals surface area contributed by atoms with E-state index in [-0.39, 0.29) is 0 Å². The molecule has 0 aliphatic heterocycles. The van der Waals surface area contributed by atoms with Crippen LogP contribution >= 0.6 is 0 Å². The van der Waals surface area contributed by atoms with Gasteiger partial charge in [-0.05, 0) is 44.2 Å². The Morgan fingerprint density at radius 3 is 2.16 bits per heavy atom. The van der Waals surface area contributed by atoms with Crippen LogP contribution < -0.4 is 5.73 Å². The van der Waals surface area contributed by atoms with Gasteiger partial charge in [0.15, 0.2) is 0 Å². The van der Waals surface area contributed by atoms with Crippen LogP contribution in [0.2, 0.25) is 0 Å². The topological polar surface area (TPSA) is 29.3 Å². The van der Waals surface area contributed by atoms with E-state index >= 15 is 0 Å². The van der Waals surface area contributed by atoms with Gasteiger partial charge in [0.25, 0.3) is 0 Å². The van der Waals surface area contributed by atoms with Crippen LogP contribution in [0.4, 0.5) is 5.69 Å². The van der Waals surface area contributed by atoms with Gasteiger partial charge in [0.2, 0.25) is 0 Å². The molecule has 0 bridgehead atoms. The number of nitrogen functional groups attached to an aromatic ring is 1. The Morgan fingerprint density at radius 1 is 1.00 bits per heavy atom. The van der Waals surface area contributed by atoms with E-state index in [1.807, 2.05) is 12.1 Å². The molecule has 0 spiro atoms. The maximum absolute atomic E-state index is 5.73. The molecule has 0 saturated heterocycles. The fraction of sp³-hybridized carbons (Fsp3) is 0.294. The molecular weight excluding hydrogens is 232 g/mol. The Hall–Kier alpha value is -1.80. The molecule has 100 valence electrons. The van der Waals surface area contributed by atoms with Gasteiger partial charge in [0.1, 0.15) is 0 Å². The van der Waals surface area contributed by atoms with E-state index in [9.17, 15) is 0 Å². The molecule has 19 heavy (non-hydrogen) atoms. The SMILES string of the molecule is Cc1ccc(CN(C)C(C)c2ccc(N)cc2)cc1. The first-order valence-electron chi connectivity index (χ1n) is 6.67. The lowest BCUT2D eigenvalue weighted by Crippen LogP contribution is -2.21. The van der Waals surface area contributed by atoms with Crippen molar-refractivity contribution in [3.05, 3.63) is 65.2 Å². The van der Waals surface area contributed by atoms with Gasteiger partial charge in [0, 0.05) is 18.3 Å². The summed E-state index contributed by atoms with van der Waals surface area (Å²) in [5, 5.41) is 0. The predicted octanol–water partition coefficient (Wildman–Crippen LogP) is 3.77. The van der Waals surface area contributed by atoms with Crippen LogP contribution in [0.5, 0.6) is 0 Å². The van der Waals surface area contributed by atoms with Crippen molar-refractivity contribution < 1.29 is 0 Å². The Kier molecular flexibility index (Phi) is 4.23. The zero-order chi connectivity index (χ0) is 13.8. The Morgan fingerprint density at radius 2 is 1.58 bits per heavy atom. The first-order chi connectivity index (χ1) is 9.06. The van der Waals surface area contributed by atoms with Gasteiger partial charge in [-0.25, -0.2) is 0 Å². The van der Waals surface area contributed by atoms with Crippen LogP contribution in [0.25, 0.3) is 0 Å². The molecule has 0 fully saturated rings. The van der Waals surface area contributed by atoms with Gasteiger partial charge < -0.3 is 5.73 Å². The fourth-order valence-corrected chi connectivity index (χ4v) is 2.15. The van der Waals surface area contributed by atoms with E-state index < -0.39 is 0 Å². The highest BCUT2D eigenvalue weighted by Gasteiger charge is 2.11. The third-order valence-corrected chi connectivity index (χ3v) is 3.63. The van der Waals surface area contributed by atoms with E-state index in [0.29, 0.717) is 6.04 Å². The van der Waals surface area contributed by atoms with Crippen molar-refractivity contribution in [3.8, 4) is 0 Å². The van der Waals surface area contributed by atoms with Crippen molar-refractivity contribution in [1.82, 2.24) is 4.90 Å². The third kappa shape index (κ3) is 3.58. The second kappa shape index (κ2) is 5.89. The van der Waals surface area contributed by atoms with Gasteiger partial charge in [-0.2, -0.15) is 0 Å². The summed E-state index contributed by atoms with van der Waals surface area (Å²) in [6.45, 7) is 5.29. The average molecular weight is 254 g/mol. The lowest BCUT2D eigenvalue weighted by molar-refractivity contribution is 0.253. The zero-order valence-corrected chi connectivity index (χ0v) is 11.9. The molecule has 2 aromatic rings. The second-order valence-electron chi connectivity index (χ2n) is 5.24. The van der Waals surface area contributed by atoms with Gasteiger partial charge in [-0.3, -0.25) is 4.90 Å². The number of benzene rings is 2. The molecule has 2 N–H and O–H groups in total. The summed E-state index contributed by atoms with van der Waals surface area (Å²) in [6, 6.07) is 17.2. The minimum Gasteiger partial charge on any atom is -0.399 e. The normalized spacial score (nSPS) is 12.6. The third-order valence-electron chi connectivity index (χ3n) is 3.63. The Labute approximate surface area is 115 Å². The van der Waals surface area contributed by atoms with Crippen LogP contribution in [-0.4, -0.2) is 11.9 Å². The maximum atomic E-state index is 5.73. The second-order valence-corrected chi connectivity index (χ2v) is 5.24. The highest BCUT2D eigenvalue weighted by molar-refractivity contribution is 5.40. The summed E-state index contributed by atoms with van der Waals surface area (Å²) < 4.78 is 0. The molecule has 0 saturated carbocycles. The standard InChI is InChI=1S/C17H22N2/c1-13-4-6-15(7-5-13)12-19(3)14(2)16-8-10-17(18)11-9-16/h4-11,14H,12,18H2,1-3H3. The summed E-state index contributed by atoms with van der Waals surface area (Å²) in [7, 11) is 2.15. The molecule has 0 radical (unpaired) electrons. The number of hydrogen-bond donors (Lipinski definition) is 1. The summed E-state index contributed by atoms with van der Waals surface area (Å²) in [4.78, 5) is 2.34. The molecule has 1 unspecified atom stereocenters. The summed E-state index contributed by atoms with van der Waals surface area (Å²) >= 11 is 0. The van der Waals surface area contributed by atoms with E-state index in [2.05, 4.69) is 62.2 Å². The summed E-state index contributed by atoms with van der Waals surface area (Å²) in [6.07, 6.45) is 0. The van der Waals surface area contributed by atoms with E-state index in [0.717, 1.165) is 12.2 Å². The largest absolute Gasteiger partial charge is 0.399 e. The fourth-order valence-electron chi connectivity index (χ4n) is 2.15. The molecule has 2 nitrogen and oxygen atoms in total. The minimum absolute atomic E-state index is 0.377. The highest BCUT2D eigenvalue weighted by atomic mass is 15.1. The number of hydrogen-bond acceptors (Lipinski definition) is 2. The van der Waals surface area contributed by atoms with E-state index in [4.69, 9.17) is 5.73 Å². The van der Waals surface area contributed by atoms with Crippen LogP contribution in [0.3, 0.4) is 0 Å². The summed E-state index contributed by atoms with van der Waals surface area (Å²) in [5.74, 6) is 0. The molecule has 2 heteroatoms. The molecule has 2 rings (SSSR count). The minimum atomic E-state index is 0.377. The molecule has 0 amide bonds. The van der Waals surface area contributed by atoms with E-state index in [1.54, 1.807) is 0 Å². The lowest BCUT2D eigenvalue weighted by atomic mass is 10.1. The van der Waals surface area contributed by atoms with E-state index in [1.165, 1.54) is 16.7 Å². The molecule has 0 aliphatic carbocycles. The van der Waals surface area contributed by atoms with Crippen LogP contribution in [-0.2, 0) is 6.54 Å². The molecular formula is C17H22N2. The van der Waals surface area contributed by atoms with Gasteiger partial charge >= 0.3 is 0 Å². The van der Waals surface area contributed by atoms with Crippen molar-refractivity contribution in [2.24, 2.45) is 0 Å². The zero-order valence-electron chi connectivity index (χ0n) is 11.9. The molecule has 0 aromatic heterocycles. The van der Waals surface area contributed by atoms with Crippen molar-refractivity contribution >= 4 is 5.69 Å². The maximum Gasteiger partial charge on any atom is 0.0320 e. The number of anilines is 1. The number of nitrogens with two attached hydrogens (primary N) is 1. The van der Waals surface area contributed by atoms with Crippen molar-refractivity contribution in [2.45, 2.75) is 26.4 Å². The molecule has 0 heterocycles. The number of nitrogens with zero attached hydrogens (tertiary/aromatic N) is 1. The lowest BCUT2D eigenvalue weighted by Gasteiger charge is -2.25. The van der Waals surface area contributed by atoms with Crippen LogP contribution in [0, 0.1) is 6.92 Å². The number of aryl methyl sites for hydroxylation is 1. The summed E-state index contributed by atoms with van der Waals surface area (Å²) in [5.41, 5.74) is 10.5.